The Morgan fingerprint density at radius 3 is 2.48 bits per heavy atom. The molecule has 2 heterocycles. The molecular formula is C15H23F3N2O3. The lowest BCUT2D eigenvalue weighted by molar-refractivity contribution is -0.142. The van der Waals surface area contributed by atoms with Gasteiger partial charge in [0.25, 0.3) is 0 Å². The monoisotopic (exact) mass is 336 g/mol. The largest absolute Gasteiger partial charge is 0.433 e. The third kappa shape index (κ3) is 5.05. The van der Waals surface area contributed by atoms with Gasteiger partial charge < -0.3 is 20.3 Å². The number of nitrogens with zero attached hydrogens (tertiary/aromatic N) is 1. The van der Waals surface area contributed by atoms with Crippen LogP contribution in [0.4, 0.5) is 19.0 Å². The summed E-state index contributed by atoms with van der Waals surface area (Å²) in [5.41, 5.74) is -1.02. The number of aromatic nitrogens is 1. The first-order valence-electron chi connectivity index (χ1n) is 7.61. The SMILES string of the molecule is CC.CCC1OCC(Nc2cccc(C(F)(F)F)n2)C(O)C1O. The van der Waals surface area contributed by atoms with Crippen LogP contribution < -0.4 is 5.32 Å². The summed E-state index contributed by atoms with van der Waals surface area (Å²) in [6, 6.07) is 2.72. The molecule has 0 saturated carbocycles. The Bertz CT molecular complexity index is 485. The van der Waals surface area contributed by atoms with Crippen LogP contribution in [-0.2, 0) is 10.9 Å². The summed E-state index contributed by atoms with van der Waals surface area (Å²) in [5.74, 6) is -0.0281. The minimum absolute atomic E-state index is 0.0281. The molecule has 8 heteroatoms. The minimum atomic E-state index is -4.54. The fourth-order valence-corrected chi connectivity index (χ4v) is 2.23. The van der Waals surface area contributed by atoms with Crippen LogP contribution >= 0.6 is 0 Å². The smallest absolute Gasteiger partial charge is 0.388 e. The fourth-order valence-electron chi connectivity index (χ4n) is 2.23. The topological polar surface area (TPSA) is 74.6 Å². The molecule has 1 fully saturated rings. The Balaban J connectivity index is 0.00000127. The highest BCUT2D eigenvalue weighted by atomic mass is 19.4. The van der Waals surface area contributed by atoms with Crippen molar-refractivity contribution >= 4 is 5.82 Å². The predicted octanol–water partition coefficient (Wildman–Crippen LogP) is 2.44. The Morgan fingerprint density at radius 1 is 1.26 bits per heavy atom. The van der Waals surface area contributed by atoms with Crippen molar-refractivity contribution in [1.82, 2.24) is 4.98 Å². The molecule has 23 heavy (non-hydrogen) atoms. The van der Waals surface area contributed by atoms with Gasteiger partial charge >= 0.3 is 6.18 Å². The van der Waals surface area contributed by atoms with Gasteiger partial charge in [-0.25, -0.2) is 4.98 Å². The summed E-state index contributed by atoms with van der Waals surface area (Å²) in [6.07, 6.45) is -6.71. The van der Waals surface area contributed by atoms with Gasteiger partial charge in [-0.3, -0.25) is 0 Å². The van der Waals surface area contributed by atoms with Crippen molar-refractivity contribution in [3.63, 3.8) is 0 Å². The van der Waals surface area contributed by atoms with Crippen molar-refractivity contribution in [2.24, 2.45) is 0 Å². The van der Waals surface area contributed by atoms with Crippen molar-refractivity contribution in [1.29, 1.82) is 0 Å². The van der Waals surface area contributed by atoms with E-state index in [0.717, 1.165) is 6.07 Å². The summed E-state index contributed by atoms with van der Waals surface area (Å²) >= 11 is 0. The Labute approximate surface area is 133 Å². The zero-order valence-electron chi connectivity index (χ0n) is 13.3. The van der Waals surface area contributed by atoms with Crippen LogP contribution in [-0.4, -0.2) is 46.2 Å². The molecule has 0 aromatic carbocycles. The van der Waals surface area contributed by atoms with Crippen LogP contribution in [0.3, 0.4) is 0 Å². The number of nitrogens with one attached hydrogen (secondary N) is 1. The third-order valence-corrected chi connectivity index (χ3v) is 3.41. The second kappa shape index (κ2) is 8.47. The highest BCUT2D eigenvalue weighted by molar-refractivity contribution is 5.37. The third-order valence-electron chi connectivity index (χ3n) is 3.41. The zero-order valence-corrected chi connectivity index (χ0v) is 13.3. The van der Waals surface area contributed by atoms with Crippen LogP contribution in [0.1, 0.15) is 32.9 Å². The van der Waals surface area contributed by atoms with E-state index in [1.165, 1.54) is 12.1 Å². The first kappa shape index (κ1) is 19.7. The predicted molar refractivity (Wildman–Crippen MR) is 80.0 cm³/mol. The van der Waals surface area contributed by atoms with E-state index < -0.39 is 36.2 Å². The second-order valence-electron chi connectivity index (χ2n) is 4.92. The summed E-state index contributed by atoms with van der Waals surface area (Å²) in [7, 11) is 0. The summed E-state index contributed by atoms with van der Waals surface area (Å²) in [4.78, 5) is 3.45. The molecule has 1 aromatic heterocycles. The molecule has 0 bridgehead atoms. The number of aliphatic hydroxyl groups is 2. The van der Waals surface area contributed by atoms with Crippen LogP contribution in [0, 0.1) is 0 Å². The number of pyridine rings is 1. The summed E-state index contributed by atoms with van der Waals surface area (Å²) in [6.45, 7) is 5.89. The van der Waals surface area contributed by atoms with Gasteiger partial charge in [0.15, 0.2) is 0 Å². The highest BCUT2D eigenvalue weighted by Crippen LogP contribution is 2.28. The van der Waals surface area contributed by atoms with Gasteiger partial charge in [-0.15, -0.1) is 0 Å². The number of hydrogen-bond donors (Lipinski definition) is 3. The molecule has 1 saturated heterocycles. The fraction of sp³-hybridized carbons (Fsp3) is 0.667. The highest BCUT2D eigenvalue weighted by Gasteiger charge is 2.38. The molecule has 0 amide bonds. The maximum absolute atomic E-state index is 12.6. The van der Waals surface area contributed by atoms with Crippen molar-refractivity contribution in [2.75, 3.05) is 11.9 Å². The molecule has 4 atom stereocenters. The van der Waals surface area contributed by atoms with E-state index in [-0.39, 0.29) is 12.4 Å². The van der Waals surface area contributed by atoms with Crippen molar-refractivity contribution in [3.05, 3.63) is 23.9 Å². The van der Waals surface area contributed by atoms with E-state index in [1.54, 1.807) is 0 Å². The van der Waals surface area contributed by atoms with Gasteiger partial charge in [0, 0.05) is 0 Å². The van der Waals surface area contributed by atoms with Crippen LogP contribution in [0.15, 0.2) is 18.2 Å². The number of anilines is 1. The number of hydrogen-bond acceptors (Lipinski definition) is 5. The standard InChI is InChI=1S/C13H17F3N2O3.C2H6/c1-2-8-12(20)11(19)7(6-21-8)17-10-5-3-4-9(18-10)13(14,15)16;1-2/h3-5,7-8,11-12,19-20H,2,6H2,1H3,(H,17,18);1-2H3. The molecule has 0 spiro atoms. The molecule has 0 radical (unpaired) electrons. The van der Waals surface area contributed by atoms with E-state index in [1.807, 2.05) is 20.8 Å². The molecule has 1 aromatic rings. The Hall–Kier alpha value is -1.38. The van der Waals surface area contributed by atoms with Gasteiger partial charge in [-0.05, 0) is 18.6 Å². The van der Waals surface area contributed by atoms with E-state index in [9.17, 15) is 23.4 Å². The number of alkyl halides is 3. The normalized spacial score (nSPS) is 27.8. The lowest BCUT2D eigenvalue weighted by Gasteiger charge is -2.37. The van der Waals surface area contributed by atoms with Crippen LogP contribution in [0.2, 0.25) is 0 Å². The van der Waals surface area contributed by atoms with Gasteiger partial charge in [0.05, 0.1) is 18.8 Å². The van der Waals surface area contributed by atoms with E-state index in [0.29, 0.717) is 6.42 Å². The Kier molecular flexibility index (Phi) is 7.24. The van der Waals surface area contributed by atoms with Gasteiger partial charge in [-0.2, -0.15) is 13.2 Å². The van der Waals surface area contributed by atoms with Gasteiger partial charge in [0.1, 0.15) is 23.7 Å². The summed E-state index contributed by atoms with van der Waals surface area (Å²) < 4.78 is 43.1. The van der Waals surface area contributed by atoms with Crippen molar-refractivity contribution in [3.8, 4) is 0 Å². The molecule has 4 unspecified atom stereocenters. The second-order valence-corrected chi connectivity index (χ2v) is 4.92. The molecule has 5 nitrogen and oxygen atoms in total. The van der Waals surface area contributed by atoms with Crippen molar-refractivity contribution in [2.45, 2.75) is 57.7 Å². The first-order valence-corrected chi connectivity index (χ1v) is 7.61. The minimum Gasteiger partial charge on any atom is -0.388 e. The molecule has 3 N–H and O–H groups in total. The van der Waals surface area contributed by atoms with E-state index in [2.05, 4.69) is 10.3 Å². The van der Waals surface area contributed by atoms with E-state index in [4.69, 9.17) is 4.74 Å². The van der Waals surface area contributed by atoms with E-state index >= 15 is 0 Å². The molecule has 132 valence electrons. The molecular weight excluding hydrogens is 313 g/mol. The number of aliphatic hydroxyl groups excluding tert-OH is 2. The lowest BCUT2D eigenvalue weighted by Crippen LogP contribution is -2.55. The number of ether oxygens (including phenoxy) is 1. The average molecular weight is 336 g/mol. The first-order chi connectivity index (χ1) is 10.8. The van der Waals surface area contributed by atoms with Crippen LogP contribution in [0.25, 0.3) is 0 Å². The lowest BCUT2D eigenvalue weighted by atomic mass is 9.96. The van der Waals surface area contributed by atoms with Gasteiger partial charge in [0.2, 0.25) is 0 Å². The maximum Gasteiger partial charge on any atom is 0.433 e. The molecule has 1 aliphatic rings. The molecule has 0 aliphatic carbocycles. The Morgan fingerprint density at radius 2 is 1.91 bits per heavy atom. The quantitative estimate of drug-likeness (QED) is 0.790. The van der Waals surface area contributed by atoms with Gasteiger partial charge in [-0.1, -0.05) is 26.8 Å². The maximum atomic E-state index is 12.6. The van der Waals surface area contributed by atoms with Crippen LogP contribution in [0.5, 0.6) is 0 Å². The summed E-state index contributed by atoms with van der Waals surface area (Å²) in [5, 5.41) is 22.5. The molecule has 1 aliphatic heterocycles. The van der Waals surface area contributed by atoms with Crippen molar-refractivity contribution < 1.29 is 28.1 Å². The number of rotatable bonds is 3. The molecule has 2 rings (SSSR count). The zero-order chi connectivity index (χ0) is 17.6. The average Bonchev–Trinajstić information content (AvgIpc) is 2.53. The number of halogens is 3.